The minimum Gasteiger partial charge on any atom is -0.363 e. The van der Waals surface area contributed by atoms with Crippen molar-refractivity contribution >= 4 is 28.5 Å². The third kappa shape index (κ3) is 3.43. The van der Waals surface area contributed by atoms with E-state index in [9.17, 15) is 4.79 Å². The topological polar surface area (TPSA) is 78.5 Å². The number of hydrogen-bond donors (Lipinski definition) is 3. The summed E-state index contributed by atoms with van der Waals surface area (Å²) in [6, 6.07) is 22.0. The second-order valence-corrected chi connectivity index (χ2v) is 8.77. The van der Waals surface area contributed by atoms with Gasteiger partial charge in [-0.2, -0.15) is 0 Å². The lowest BCUT2D eigenvalue weighted by Crippen LogP contribution is -2.18. The molecule has 0 spiro atoms. The Kier molecular flexibility index (Phi) is 4.80. The molecule has 164 valence electrons. The molecule has 1 unspecified atom stereocenters. The fourth-order valence-corrected chi connectivity index (χ4v) is 5.06. The molecule has 2 aromatic heterocycles. The van der Waals surface area contributed by atoms with Crippen molar-refractivity contribution in [3.05, 3.63) is 99.7 Å². The van der Waals surface area contributed by atoms with Gasteiger partial charge in [-0.25, -0.2) is 9.78 Å². The van der Waals surface area contributed by atoms with Crippen LogP contribution >= 0.6 is 11.6 Å². The number of anilines is 1. The Hall–Kier alpha value is -3.77. The number of nitrogens with zero attached hydrogens (tertiary/aromatic N) is 2. The quantitative estimate of drug-likeness (QED) is 0.318. The second-order valence-electron chi connectivity index (χ2n) is 8.36. The number of H-pyrrole nitrogens is 2. The highest BCUT2D eigenvalue weighted by Gasteiger charge is 2.25. The van der Waals surface area contributed by atoms with Crippen molar-refractivity contribution in [3.8, 4) is 16.9 Å². The third-order valence-electron chi connectivity index (χ3n) is 6.37. The first-order valence-corrected chi connectivity index (χ1v) is 11.4. The summed E-state index contributed by atoms with van der Waals surface area (Å²) in [5.41, 5.74) is 6.35. The van der Waals surface area contributed by atoms with E-state index in [1.54, 1.807) is 10.9 Å². The van der Waals surface area contributed by atoms with E-state index in [2.05, 4.69) is 44.5 Å². The fraction of sp³-hybridized carbons (Fsp3) is 0.154. The zero-order valence-electron chi connectivity index (χ0n) is 17.8. The van der Waals surface area contributed by atoms with E-state index >= 15 is 0 Å². The van der Waals surface area contributed by atoms with E-state index in [0.717, 1.165) is 41.5 Å². The van der Waals surface area contributed by atoms with E-state index in [1.165, 1.54) is 11.1 Å². The molecule has 0 aliphatic heterocycles. The predicted octanol–water partition coefficient (Wildman–Crippen LogP) is 5.85. The normalized spacial score (nSPS) is 15.5. The van der Waals surface area contributed by atoms with Crippen molar-refractivity contribution in [2.75, 3.05) is 5.32 Å². The number of imidazole rings is 2. The largest absolute Gasteiger partial charge is 0.363 e. The minimum absolute atomic E-state index is 0.109. The molecule has 5 aromatic rings. The summed E-state index contributed by atoms with van der Waals surface area (Å²) in [5, 5.41) is 4.22. The van der Waals surface area contributed by atoms with E-state index < -0.39 is 0 Å². The number of aryl methyl sites for hydroxylation is 1. The predicted molar refractivity (Wildman–Crippen MR) is 132 cm³/mol. The van der Waals surface area contributed by atoms with Crippen LogP contribution in [0.25, 0.3) is 28.0 Å². The number of rotatable bonds is 4. The molecule has 3 N–H and O–H groups in total. The van der Waals surface area contributed by atoms with E-state index in [0.29, 0.717) is 16.5 Å². The van der Waals surface area contributed by atoms with Gasteiger partial charge in [-0.15, -0.1) is 0 Å². The SMILES string of the molecule is O=c1[nH]c(NC2CCCc3ccccc32)c(-c2ccccc2Cl)n1-c1ccc2nc[nH]c2c1. The number of aromatic amines is 2. The van der Waals surface area contributed by atoms with Crippen molar-refractivity contribution in [1.82, 2.24) is 19.5 Å². The van der Waals surface area contributed by atoms with Crippen LogP contribution in [-0.2, 0) is 6.42 Å². The minimum atomic E-state index is -0.227. The average molecular weight is 456 g/mol. The molecule has 1 aliphatic rings. The first-order valence-electron chi connectivity index (χ1n) is 11.1. The Morgan fingerprint density at radius 1 is 1.06 bits per heavy atom. The molecule has 0 saturated heterocycles. The molecule has 1 atom stereocenters. The van der Waals surface area contributed by atoms with Gasteiger partial charge in [-0.1, -0.05) is 54.1 Å². The molecule has 1 aliphatic carbocycles. The van der Waals surface area contributed by atoms with Crippen LogP contribution in [0.15, 0.2) is 77.9 Å². The van der Waals surface area contributed by atoms with Crippen molar-refractivity contribution in [3.63, 3.8) is 0 Å². The lowest BCUT2D eigenvalue weighted by molar-refractivity contribution is 0.599. The third-order valence-corrected chi connectivity index (χ3v) is 6.70. The Bertz CT molecular complexity index is 1530. The van der Waals surface area contributed by atoms with Gasteiger partial charge in [-0.3, -0.25) is 9.55 Å². The fourth-order valence-electron chi connectivity index (χ4n) is 4.84. The van der Waals surface area contributed by atoms with Crippen LogP contribution in [0, 0.1) is 0 Å². The highest BCUT2D eigenvalue weighted by atomic mass is 35.5. The summed E-state index contributed by atoms with van der Waals surface area (Å²) in [4.78, 5) is 23.8. The molecule has 7 heteroatoms. The van der Waals surface area contributed by atoms with Gasteiger partial charge in [0.1, 0.15) is 5.82 Å². The molecule has 0 amide bonds. The van der Waals surface area contributed by atoms with Gasteiger partial charge in [0.15, 0.2) is 0 Å². The van der Waals surface area contributed by atoms with Gasteiger partial charge in [0, 0.05) is 5.56 Å². The number of aromatic nitrogens is 4. The highest BCUT2D eigenvalue weighted by molar-refractivity contribution is 6.33. The summed E-state index contributed by atoms with van der Waals surface area (Å²) in [5.74, 6) is 0.666. The van der Waals surface area contributed by atoms with Crippen LogP contribution in [0.4, 0.5) is 5.82 Å². The van der Waals surface area contributed by atoms with Crippen molar-refractivity contribution in [2.24, 2.45) is 0 Å². The van der Waals surface area contributed by atoms with Gasteiger partial charge < -0.3 is 10.3 Å². The van der Waals surface area contributed by atoms with Crippen LogP contribution in [0.1, 0.15) is 30.0 Å². The summed E-state index contributed by atoms with van der Waals surface area (Å²) in [7, 11) is 0. The Morgan fingerprint density at radius 3 is 2.82 bits per heavy atom. The van der Waals surface area contributed by atoms with Gasteiger partial charge >= 0.3 is 5.69 Å². The Labute approximate surface area is 195 Å². The Balaban J connectivity index is 1.53. The van der Waals surface area contributed by atoms with E-state index in [4.69, 9.17) is 11.6 Å². The molecule has 0 saturated carbocycles. The molecule has 3 aromatic carbocycles. The number of fused-ring (bicyclic) bond motifs is 2. The first-order chi connectivity index (χ1) is 16.2. The Morgan fingerprint density at radius 2 is 1.91 bits per heavy atom. The lowest BCUT2D eigenvalue weighted by Gasteiger charge is -2.27. The summed E-state index contributed by atoms with van der Waals surface area (Å²) >= 11 is 6.63. The summed E-state index contributed by atoms with van der Waals surface area (Å²) < 4.78 is 1.68. The van der Waals surface area contributed by atoms with Gasteiger partial charge in [0.05, 0.1) is 39.8 Å². The first kappa shape index (κ1) is 19.9. The lowest BCUT2D eigenvalue weighted by atomic mass is 9.87. The molecule has 0 bridgehead atoms. The van der Waals surface area contributed by atoms with Crippen LogP contribution in [0.2, 0.25) is 5.02 Å². The molecule has 6 rings (SSSR count). The van der Waals surface area contributed by atoms with Crippen LogP contribution in [-0.4, -0.2) is 19.5 Å². The standard InChI is InChI=1S/C26H22ClN5O/c27-20-10-4-3-9-19(20)24-25(30-21-11-5-7-16-6-1-2-8-18(16)21)31-26(33)32(24)17-12-13-22-23(14-17)29-15-28-22/h1-4,6,8-10,12-15,21,30H,5,7,11H2,(H,28,29)(H,31,33). The van der Waals surface area contributed by atoms with Crippen molar-refractivity contribution in [2.45, 2.75) is 25.3 Å². The van der Waals surface area contributed by atoms with Crippen LogP contribution < -0.4 is 11.0 Å². The molecule has 6 nitrogen and oxygen atoms in total. The van der Waals surface area contributed by atoms with Gasteiger partial charge in [0.25, 0.3) is 0 Å². The maximum absolute atomic E-state index is 13.3. The zero-order chi connectivity index (χ0) is 22.4. The smallest absolute Gasteiger partial charge is 0.332 e. The van der Waals surface area contributed by atoms with Gasteiger partial charge in [0.2, 0.25) is 0 Å². The van der Waals surface area contributed by atoms with Crippen LogP contribution in [0.3, 0.4) is 0 Å². The molecule has 0 radical (unpaired) electrons. The molecular formula is C26H22ClN5O. The number of benzene rings is 3. The highest BCUT2D eigenvalue weighted by Crippen LogP contribution is 2.38. The zero-order valence-corrected chi connectivity index (χ0v) is 18.6. The number of hydrogen-bond acceptors (Lipinski definition) is 3. The van der Waals surface area contributed by atoms with Gasteiger partial charge in [-0.05, 0) is 54.7 Å². The van der Waals surface area contributed by atoms with E-state index in [-0.39, 0.29) is 11.7 Å². The maximum atomic E-state index is 13.3. The monoisotopic (exact) mass is 455 g/mol. The number of nitrogens with one attached hydrogen (secondary N) is 3. The van der Waals surface area contributed by atoms with Crippen molar-refractivity contribution < 1.29 is 0 Å². The van der Waals surface area contributed by atoms with E-state index in [1.807, 2.05) is 42.5 Å². The summed E-state index contributed by atoms with van der Waals surface area (Å²) in [6.07, 6.45) is 4.81. The maximum Gasteiger partial charge on any atom is 0.332 e. The van der Waals surface area contributed by atoms with Crippen LogP contribution in [0.5, 0.6) is 0 Å². The molecule has 0 fully saturated rings. The van der Waals surface area contributed by atoms with Crippen molar-refractivity contribution in [1.29, 1.82) is 0 Å². The molecule has 33 heavy (non-hydrogen) atoms. The summed E-state index contributed by atoms with van der Waals surface area (Å²) in [6.45, 7) is 0. The molecule has 2 heterocycles. The average Bonchev–Trinajstić information content (AvgIpc) is 3.43. The number of halogens is 1. The second kappa shape index (κ2) is 7.98. The molecular weight excluding hydrogens is 434 g/mol.